The Morgan fingerprint density at radius 3 is 2.16 bits per heavy atom. The zero-order valence-corrected chi connectivity index (χ0v) is 18.6. The molecule has 1 aromatic carbocycles. The van der Waals surface area contributed by atoms with Gasteiger partial charge in [-0.15, -0.1) is 0 Å². The van der Waals surface area contributed by atoms with E-state index in [0.717, 1.165) is 76.0 Å². The van der Waals surface area contributed by atoms with E-state index in [0.29, 0.717) is 0 Å². The Labute approximate surface area is 189 Å². The van der Waals surface area contributed by atoms with Crippen molar-refractivity contribution < 1.29 is 5.11 Å². The van der Waals surface area contributed by atoms with Crippen LogP contribution in [0.1, 0.15) is 24.1 Å². The molecule has 0 amide bonds. The van der Waals surface area contributed by atoms with Gasteiger partial charge < -0.3 is 14.9 Å². The summed E-state index contributed by atoms with van der Waals surface area (Å²) in [7, 11) is 0. The fraction of sp³-hybridized carbons (Fsp3) is 0.458. The average molecular weight is 434 g/mol. The van der Waals surface area contributed by atoms with Gasteiger partial charge in [0.2, 0.25) is 0 Å². The lowest BCUT2D eigenvalue weighted by atomic mass is 10.1. The van der Waals surface area contributed by atoms with Crippen molar-refractivity contribution in [1.29, 1.82) is 0 Å². The van der Waals surface area contributed by atoms with Crippen molar-refractivity contribution >= 4 is 11.6 Å². The molecule has 0 atom stereocenters. The summed E-state index contributed by atoms with van der Waals surface area (Å²) in [4.78, 5) is 16.4. The van der Waals surface area contributed by atoms with Crippen LogP contribution in [0.2, 0.25) is 0 Å². The molecule has 0 saturated carbocycles. The molecule has 168 valence electrons. The van der Waals surface area contributed by atoms with Crippen molar-refractivity contribution in [2.24, 2.45) is 0 Å². The maximum atomic E-state index is 9.84. The molecule has 2 fully saturated rings. The van der Waals surface area contributed by atoms with Gasteiger partial charge >= 0.3 is 0 Å². The van der Waals surface area contributed by atoms with Crippen LogP contribution >= 0.6 is 0 Å². The summed E-state index contributed by atoms with van der Waals surface area (Å²) < 4.78 is 2.02. The van der Waals surface area contributed by atoms with Gasteiger partial charge in [-0.1, -0.05) is 18.2 Å². The van der Waals surface area contributed by atoms with E-state index in [1.165, 1.54) is 11.3 Å². The minimum atomic E-state index is -0.190. The fourth-order valence-corrected chi connectivity index (χ4v) is 4.63. The summed E-state index contributed by atoms with van der Waals surface area (Å²) in [6.45, 7) is 8.52. The topological polar surface area (TPSA) is 73.6 Å². The highest BCUT2D eigenvalue weighted by Gasteiger charge is 2.26. The minimum Gasteiger partial charge on any atom is -0.393 e. The summed E-state index contributed by atoms with van der Waals surface area (Å²) in [5.41, 5.74) is 3.57. The first-order valence-electron chi connectivity index (χ1n) is 11.5. The normalized spacial score (nSPS) is 18.3. The first kappa shape index (κ1) is 20.9. The summed E-state index contributed by atoms with van der Waals surface area (Å²) in [5, 5.41) is 14.5. The molecule has 2 aliphatic heterocycles. The van der Waals surface area contributed by atoms with Crippen molar-refractivity contribution in [3.63, 3.8) is 0 Å². The predicted molar refractivity (Wildman–Crippen MR) is 125 cm³/mol. The largest absolute Gasteiger partial charge is 0.393 e. The minimum absolute atomic E-state index is 0.190. The quantitative estimate of drug-likeness (QED) is 0.662. The monoisotopic (exact) mass is 433 g/mol. The van der Waals surface area contributed by atoms with Gasteiger partial charge in [0.1, 0.15) is 0 Å². The number of para-hydroxylation sites is 1. The van der Waals surface area contributed by atoms with E-state index in [1.54, 1.807) is 12.4 Å². The number of rotatable bonds is 5. The molecule has 8 nitrogen and oxygen atoms in total. The van der Waals surface area contributed by atoms with Crippen molar-refractivity contribution in [3.05, 3.63) is 60.2 Å². The van der Waals surface area contributed by atoms with E-state index in [9.17, 15) is 5.11 Å². The molecule has 0 bridgehead atoms. The lowest BCUT2D eigenvalue weighted by Crippen LogP contribution is -2.47. The van der Waals surface area contributed by atoms with E-state index in [4.69, 9.17) is 0 Å². The number of aliphatic hydroxyl groups is 1. The molecule has 2 saturated heterocycles. The summed E-state index contributed by atoms with van der Waals surface area (Å²) in [6, 6.07) is 10.3. The van der Waals surface area contributed by atoms with Crippen LogP contribution < -0.4 is 9.80 Å². The third-order valence-electron chi connectivity index (χ3n) is 6.60. The smallest absolute Gasteiger partial charge is 0.172 e. The predicted octanol–water partition coefficient (Wildman–Crippen LogP) is 2.25. The van der Waals surface area contributed by atoms with Crippen LogP contribution in [0.25, 0.3) is 5.69 Å². The number of piperidine rings is 1. The molecule has 4 heterocycles. The van der Waals surface area contributed by atoms with Crippen LogP contribution in [0.15, 0.2) is 48.9 Å². The van der Waals surface area contributed by atoms with Crippen molar-refractivity contribution in [2.75, 3.05) is 49.1 Å². The zero-order valence-electron chi connectivity index (χ0n) is 18.6. The SMILES string of the molecule is Cc1c(CN2CCN(c3nccnc3N3CCC(O)CC3)CC2)cnn1-c1ccccc1. The molecule has 2 aliphatic rings. The number of benzene rings is 1. The van der Waals surface area contributed by atoms with Crippen LogP contribution in [-0.2, 0) is 6.54 Å². The van der Waals surface area contributed by atoms with Crippen LogP contribution in [0.3, 0.4) is 0 Å². The molecule has 0 aliphatic carbocycles. The average Bonchev–Trinajstić information content (AvgIpc) is 3.20. The lowest BCUT2D eigenvalue weighted by Gasteiger charge is -2.38. The van der Waals surface area contributed by atoms with Crippen LogP contribution in [0.5, 0.6) is 0 Å². The lowest BCUT2D eigenvalue weighted by molar-refractivity contribution is 0.145. The Balaban J connectivity index is 1.23. The van der Waals surface area contributed by atoms with Gasteiger partial charge in [-0.3, -0.25) is 4.90 Å². The van der Waals surface area contributed by atoms with Gasteiger partial charge in [0.05, 0.1) is 18.0 Å². The number of aliphatic hydroxyl groups excluding tert-OH is 1. The van der Waals surface area contributed by atoms with E-state index in [2.05, 4.69) is 48.8 Å². The highest BCUT2D eigenvalue weighted by molar-refractivity contribution is 5.62. The molecule has 1 N–H and O–H groups in total. The molecule has 0 spiro atoms. The zero-order chi connectivity index (χ0) is 21.9. The molecular formula is C24H31N7O. The molecule has 5 rings (SSSR count). The Hall–Kier alpha value is -2.97. The van der Waals surface area contributed by atoms with Gasteiger partial charge in [-0.05, 0) is 31.9 Å². The fourth-order valence-electron chi connectivity index (χ4n) is 4.63. The van der Waals surface area contributed by atoms with Gasteiger partial charge in [-0.25, -0.2) is 14.6 Å². The Morgan fingerprint density at radius 2 is 1.50 bits per heavy atom. The number of piperazine rings is 1. The van der Waals surface area contributed by atoms with Gasteiger partial charge in [-0.2, -0.15) is 5.10 Å². The standard InChI is InChI=1S/C24H31N7O/c1-19-20(17-27-31(19)21-5-3-2-4-6-21)18-28-13-15-30(16-14-28)24-23(25-9-10-26-24)29-11-7-22(32)8-12-29/h2-6,9-10,17,22,32H,7-8,11-16,18H2,1H3. The number of aromatic nitrogens is 4. The maximum absolute atomic E-state index is 9.84. The highest BCUT2D eigenvalue weighted by atomic mass is 16.3. The molecule has 3 aromatic rings. The Kier molecular flexibility index (Phi) is 6.05. The van der Waals surface area contributed by atoms with Crippen molar-refractivity contribution in [2.45, 2.75) is 32.4 Å². The molecule has 32 heavy (non-hydrogen) atoms. The van der Waals surface area contributed by atoms with Crippen LogP contribution in [0.4, 0.5) is 11.6 Å². The van der Waals surface area contributed by atoms with E-state index < -0.39 is 0 Å². The number of nitrogens with zero attached hydrogens (tertiary/aromatic N) is 7. The molecule has 2 aromatic heterocycles. The van der Waals surface area contributed by atoms with E-state index >= 15 is 0 Å². The Morgan fingerprint density at radius 1 is 0.875 bits per heavy atom. The number of hydrogen-bond acceptors (Lipinski definition) is 7. The van der Waals surface area contributed by atoms with Crippen molar-refractivity contribution in [3.8, 4) is 5.69 Å². The molecule has 0 radical (unpaired) electrons. The Bertz CT molecular complexity index is 1020. The third kappa shape index (κ3) is 4.33. The second kappa shape index (κ2) is 9.26. The summed E-state index contributed by atoms with van der Waals surface area (Å²) in [6.07, 6.45) is 6.95. The van der Waals surface area contributed by atoms with Gasteiger partial charge in [0.25, 0.3) is 0 Å². The molecular weight excluding hydrogens is 402 g/mol. The summed E-state index contributed by atoms with van der Waals surface area (Å²) >= 11 is 0. The number of anilines is 2. The molecule has 8 heteroatoms. The van der Waals surface area contributed by atoms with E-state index in [-0.39, 0.29) is 6.10 Å². The van der Waals surface area contributed by atoms with Crippen LogP contribution in [-0.4, -0.2) is 75.1 Å². The second-order valence-corrected chi connectivity index (χ2v) is 8.69. The summed E-state index contributed by atoms with van der Waals surface area (Å²) in [5.74, 6) is 1.92. The number of hydrogen-bond donors (Lipinski definition) is 1. The van der Waals surface area contributed by atoms with Crippen molar-refractivity contribution in [1.82, 2.24) is 24.6 Å². The second-order valence-electron chi connectivity index (χ2n) is 8.69. The van der Waals surface area contributed by atoms with Crippen LogP contribution in [0, 0.1) is 6.92 Å². The van der Waals surface area contributed by atoms with Gasteiger partial charge in [0, 0.05) is 69.5 Å². The molecule has 0 unspecified atom stereocenters. The maximum Gasteiger partial charge on any atom is 0.172 e. The highest BCUT2D eigenvalue weighted by Crippen LogP contribution is 2.28. The third-order valence-corrected chi connectivity index (χ3v) is 6.60. The first-order valence-corrected chi connectivity index (χ1v) is 11.5. The van der Waals surface area contributed by atoms with Gasteiger partial charge in [0.15, 0.2) is 11.6 Å². The van der Waals surface area contributed by atoms with E-state index in [1.807, 2.05) is 29.1 Å². The first-order chi connectivity index (χ1) is 15.7.